The Kier molecular flexibility index (Phi) is 43.4. The monoisotopic (exact) mass is 2150 g/mol. The number of amides is 5. The van der Waals surface area contributed by atoms with Crippen LogP contribution < -0.4 is 26.6 Å². The summed E-state index contributed by atoms with van der Waals surface area (Å²) in [6, 6.07) is -9.92. The Morgan fingerprint density at radius 3 is 0.810 bits per heavy atom. The van der Waals surface area contributed by atoms with Crippen molar-refractivity contribution in [2.75, 3.05) is 72.7 Å². The molecule has 0 spiro atoms. The van der Waals surface area contributed by atoms with Crippen molar-refractivity contribution in [2.24, 2.45) is 0 Å². The van der Waals surface area contributed by atoms with Gasteiger partial charge in [-0.3, -0.25) is 24.0 Å². The summed E-state index contributed by atoms with van der Waals surface area (Å²) in [4.78, 5) is 65.7. The fraction of sp³-hybridized carbons (Fsp3) is 0.939. The van der Waals surface area contributed by atoms with Gasteiger partial charge in [0.15, 0.2) is 75.5 Å². The van der Waals surface area contributed by atoms with Crippen LogP contribution in [0.1, 0.15) is 41.5 Å². The number of carbonyl (C=O) groups is 5. The molecule has 1 unspecified atom stereocenters. The molecular formula is C82H137N5O60. The third kappa shape index (κ3) is 26.8. The van der Waals surface area contributed by atoms with Crippen molar-refractivity contribution >= 4 is 29.5 Å². The fourth-order valence-corrected chi connectivity index (χ4v) is 19.2. The molecule has 12 aliphatic heterocycles. The smallest absolute Gasteiger partial charge is 0.217 e. The Hall–Kier alpha value is -4.85. The quantitative estimate of drug-likeness (QED) is 0.0273. The summed E-state index contributed by atoms with van der Waals surface area (Å²) in [5.74, 6) is -4.94. The zero-order chi connectivity index (χ0) is 108. The van der Waals surface area contributed by atoms with E-state index < -0.39 is 470 Å². The average molecular weight is 2150 g/mol. The minimum Gasteiger partial charge on any atom is -0.394 e. The summed E-state index contributed by atoms with van der Waals surface area (Å²) in [6.45, 7) is -7.31. The van der Waals surface area contributed by atoms with Crippen LogP contribution in [0.15, 0.2) is 0 Å². The van der Waals surface area contributed by atoms with Gasteiger partial charge >= 0.3 is 0 Å². The molecule has 0 aliphatic carbocycles. The van der Waals surface area contributed by atoms with Crippen LogP contribution in [0.2, 0.25) is 0 Å². The lowest BCUT2D eigenvalue weighted by atomic mass is 9.93. The van der Waals surface area contributed by atoms with E-state index in [-0.39, 0.29) is 0 Å². The zero-order valence-corrected chi connectivity index (χ0v) is 79.2. The maximum atomic E-state index is 13.6. The minimum absolute atomic E-state index is 0.839. The van der Waals surface area contributed by atoms with Crippen molar-refractivity contribution in [3.63, 3.8) is 0 Å². The van der Waals surface area contributed by atoms with Crippen LogP contribution in [0, 0.1) is 0 Å². The highest BCUT2D eigenvalue weighted by atomic mass is 16.8. The molecule has 0 aromatic rings. The van der Waals surface area contributed by atoms with E-state index in [1.807, 2.05) is 0 Å². The Balaban J connectivity index is 0.930. The second-order valence-corrected chi connectivity index (χ2v) is 37.3. The van der Waals surface area contributed by atoms with Crippen molar-refractivity contribution in [2.45, 2.75) is 410 Å². The normalized spacial score (nSPS) is 49.6. The van der Waals surface area contributed by atoms with Crippen molar-refractivity contribution in [3.05, 3.63) is 0 Å². The Labute approximate surface area is 832 Å². The third-order valence-corrected chi connectivity index (χ3v) is 27.0. The van der Waals surface area contributed by atoms with Crippen LogP contribution >= 0.6 is 0 Å². The van der Waals surface area contributed by atoms with E-state index in [4.69, 9.17) is 109 Å². The first-order chi connectivity index (χ1) is 69.5. The van der Waals surface area contributed by atoms with Gasteiger partial charge in [0.1, 0.15) is 287 Å². The third-order valence-electron chi connectivity index (χ3n) is 27.0. The molecule has 12 aliphatic rings. The number of hydrogen-bond donors (Lipinski definition) is 37. The van der Waals surface area contributed by atoms with E-state index in [1.165, 1.54) is 6.92 Å². The maximum Gasteiger partial charge on any atom is 0.217 e. The van der Waals surface area contributed by atoms with Gasteiger partial charge in [-0.1, -0.05) is 0 Å². The predicted molar refractivity (Wildman–Crippen MR) is 452 cm³/mol. The standard InChI is InChI=1S/C82H137N5O60/c1-18-40(102)51(113)57(119)76(127-18)144-67-39(87-23(6)101)72(133-32(15-96)66(67)143-79-60(122)54(116)43(105)26(9-90)131-79)125-16-33-45(107)56(118)69(146-74-37(85-21(4)99)49(111)63(29(12-93)135-74)140-77-58(120)52(114)41(103)24(7-88)129-77)81(138-33)126-17-34-46(108)68(61(123)80(137-34)142-65-31(14-95)134-73(36(48(65)110)84-20(3)98)139-62-28(11-92)128-71(124)35(47(62)109)83-19(2)97)145-82-70(55(117)44(106)27(10-91)132-82)147-75-38(86-22(5)100)50(112)64(30(13-94)136-75)141-78-59(121)53(115)42(104)25(8-89)130-78/h18,24-82,88-96,102-124H,7-17H2,1-6H3,(H,83,97)(H,84,98)(H,85,99)(H,86,100)(H,87,101)/t18-,24+,25+,26+,27+,28+,29+,30+,31+,32+,33+,34+,35+,36+,37+,38+,39+,40+,41-,42-,43-,44+,45+,46+,47+,48+,49+,50+,51+,52-,53-,54-,55-,56-,57-,58+,59+,60+,61-,62+,63+,64+,65+,66+,67+,68-,69-,70-,71?,72+,73-,74-,75-,76-,77-,78-,79-,80-,81-,82+/m0/s1. The largest absolute Gasteiger partial charge is 0.394 e. The average Bonchev–Trinajstić information content (AvgIpc) is 0.763. The minimum atomic E-state index is -2.74. The lowest BCUT2D eigenvalue weighted by molar-refractivity contribution is -0.399. The van der Waals surface area contributed by atoms with Crippen LogP contribution in [-0.2, 0) is 133 Å². The van der Waals surface area contributed by atoms with Crippen LogP contribution in [0.3, 0.4) is 0 Å². The molecule has 60 atom stereocenters. The molecule has 65 heteroatoms. The van der Waals surface area contributed by atoms with Gasteiger partial charge in [-0.2, -0.15) is 0 Å². The predicted octanol–water partition coefficient (Wildman–Crippen LogP) is -25.4. The molecule has 0 aromatic heterocycles. The van der Waals surface area contributed by atoms with Crippen molar-refractivity contribution in [1.82, 2.24) is 26.6 Å². The molecule has 37 N–H and O–H groups in total. The summed E-state index contributed by atoms with van der Waals surface area (Å²) in [5, 5.41) is 374. The Morgan fingerprint density at radius 1 is 0.190 bits per heavy atom. The van der Waals surface area contributed by atoms with Crippen molar-refractivity contribution < 1.29 is 296 Å². The number of rotatable bonds is 38. The molecule has 0 bridgehead atoms. The van der Waals surface area contributed by atoms with Crippen molar-refractivity contribution in [3.8, 4) is 0 Å². The SMILES string of the molecule is CC(=O)N[C@H]1[C@H](O[C@H]2[C@H](O)[C@@H](NC(C)=O)C(O)O[C@@H]2CO)O[C@H](CO)[C@@H](O[C@@H]2O[C@H](CO[C@H]3O[C@H](CO[C@@H]4O[C@H](CO)[C@@H](O[C@@H]5O[C@H](CO)[C@H](O)[C@H](O)[C@H]5O)[C@H](O[C@@H]5O[C@@H](C)[C@@H](O)[C@@H](O)[C@@H]5O)[C@H]4NC(C)=O)[C@@H](O)[C@H](O)[C@@H]3O[C@@H]3O[C@H](CO)[C@@H](O[C@@H]4O[C@H](CO)[C@H](O)[C@H](O)[C@H]4O)[C@H](O)[C@H]3NC(C)=O)[C@@H](O)[C@H](O[C@H]3O[C@H](CO)[C@@H](O)[C@H](O)[C@@H]3O[C@@H]3O[C@H](CO)[C@@H](O[C@@H]4O[C@H](CO)[C@H](O)[C@H](O)[C@H]4O)[C@H](O)[C@H]3NC(C)=O)[C@@H]2O)[C@@H]1O. The van der Waals surface area contributed by atoms with Gasteiger partial charge in [-0.25, -0.2) is 0 Å². The summed E-state index contributed by atoms with van der Waals surface area (Å²) in [6.07, 6.45) is -119. The molecule has 0 aromatic carbocycles. The van der Waals surface area contributed by atoms with E-state index in [0.717, 1.165) is 34.6 Å². The van der Waals surface area contributed by atoms with Gasteiger partial charge in [-0.05, 0) is 6.92 Å². The van der Waals surface area contributed by atoms with E-state index in [9.17, 15) is 187 Å². The van der Waals surface area contributed by atoms with Gasteiger partial charge in [0.2, 0.25) is 29.5 Å². The van der Waals surface area contributed by atoms with E-state index in [0.29, 0.717) is 0 Å². The highest BCUT2D eigenvalue weighted by Crippen LogP contribution is 2.43. The van der Waals surface area contributed by atoms with Crippen LogP contribution in [-0.4, -0.2) is 634 Å². The molecule has 147 heavy (non-hydrogen) atoms. The van der Waals surface area contributed by atoms with E-state index >= 15 is 0 Å². The number of nitrogens with one attached hydrogen (secondary N) is 5. The molecular weight excluding hydrogens is 2010 g/mol. The fourth-order valence-electron chi connectivity index (χ4n) is 19.2. The second kappa shape index (κ2) is 52.8. The molecule has 850 valence electrons. The van der Waals surface area contributed by atoms with Gasteiger partial charge in [-0.15, -0.1) is 0 Å². The molecule has 65 nitrogen and oxygen atoms in total. The number of hydrogen-bond acceptors (Lipinski definition) is 60. The van der Waals surface area contributed by atoms with E-state index in [1.54, 1.807) is 0 Å². The highest BCUT2D eigenvalue weighted by Gasteiger charge is 2.64. The summed E-state index contributed by atoms with van der Waals surface area (Å²) < 4.78 is 139. The molecule has 0 saturated carbocycles. The molecule has 0 radical (unpaired) electrons. The molecule has 12 rings (SSSR count). The van der Waals surface area contributed by atoms with E-state index in [2.05, 4.69) is 26.6 Å². The number of carbonyl (C=O) groups excluding carboxylic acids is 5. The van der Waals surface area contributed by atoms with Crippen LogP contribution in [0.25, 0.3) is 0 Å². The lowest BCUT2D eigenvalue weighted by Gasteiger charge is -2.51. The van der Waals surface area contributed by atoms with Crippen LogP contribution in [0.4, 0.5) is 0 Å². The first-order valence-corrected chi connectivity index (χ1v) is 47.0. The number of aliphatic hydroxyl groups is 32. The molecule has 12 fully saturated rings. The van der Waals surface area contributed by atoms with Crippen molar-refractivity contribution in [1.29, 1.82) is 0 Å². The molecule has 12 heterocycles. The molecule has 12 saturated heterocycles. The van der Waals surface area contributed by atoms with Gasteiger partial charge in [0.05, 0.1) is 78.8 Å². The Bertz CT molecular complexity index is 4110. The lowest BCUT2D eigenvalue weighted by Crippen LogP contribution is -2.71. The highest BCUT2D eigenvalue weighted by molar-refractivity contribution is 5.75. The van der Waals surface area contributed by atoms with Gasteiger partial charge in [0, 0.05) is 34.6 Å². The topological polar surface area (TPSA) is 1010 Å². The summed E-state index contributed by atoms with van der Waals surface area (Å²) in [7, 11) is 0. The number of ether oxygens (including phenoxy) is 23. The van der Waals surface area contributed by atoms with Gasteiger partial charge < -0.3 is 299 Å². The van der Waals surface area contributed by atoms with Crippen LogP contribution in [0.5, 0.6) is 0 Å². The Morgan fingerprint density at radius 2 is 0.429 bits per heavy atom. The maximum absolute atomic E-state index is 13.6. The number of aliphatic hydroxyl groups excluding tert-OH is 32. The first-order valence-electron chi connectivity index (χ1n) is 47.0. The summed E-state index contributed by atoms with van der Waals surface area (Å²) in [5.41, 5.74) is 0. The second-order valence-electron chi connectivity index (χ2n) is 37.3. The zero-order valence-electron chi connectivity index (χ0n) is 79.2. The van der Waals surface area contributed by atoms with Gasteiger partial charge in [0.25, 0.3) is 0 Å². The summed E-state index contributed by atoms with van der Waals surface area (Å²) >= 11 is 0. The molecule has 5 amide bonds. The first kappa shape index (κ1) is 121.